The molecule has 2 fully saturated rings. The lowest BCUT2D eigenvalue weighted by molar-refractivity contribution is -0.880. The van der Waals surface area contributed by atoms with Crippen LogP contribution in [0.2, 0.25) is 0 Å². The van der Waals surface area contributed by atoms with Crippen molar-refractivity contribution < 1.29 is 9.59 Å². The Bertz CT molecular complexity index is 338. The highest BCUT2D eigenvalue weighted by Crippen LogP contribution is 2.31. The smallest absolute Gasteiger partial charge is 0.0815 e. The lowest BCUT2D eigenvalue weighted by Gasteiger charge is -2.23. The van der Waals surface area contributed by atoms with Crippen LogP contribution in [0.1, 0.15) is 53.4 Å². The summed E-state index contributed by atoms with van der Waals surface area (Å²) in [5.41, 5.74) is 0. The molecule has 0 bridgehead atoms. The zero-order valence-electron chi connectivity index (χ0n) is 17.7. The molecule has 0 aromatic heterocycles. The number of halogens is 1. The maximum absolute atomic E-state index is 9.46. The van der Waals surface area contributed by atoms with Crippen LogP contribution in [0.4, 0.5) is 0 Å². The van der Waals surface area contributed by atoms with Gasteiger partial charge in [0.05, 0.1) is 33.3 Å². The number of aliphatic hydroxyl groups is 1. The number of rotatable bonds is 7. The summed E-state index contributed by atoms with van der Waals surface area (Å²) in [6.07, 6.45) is 4.91. The molecule has 2 rings (SSSR count). The molecule has 2 saturated heterocycles. The number of hydrogen-bond acceptors (Lipinski definition) is 2. The minimum Gasteiger partial charge on any atom is -0.391 e. The highest BCUT2D eigenvalue weighted by molar-refractivity contribution is 6.18. The van der Waals surface area contributed by atoms with Gasteiger partial charge in [-0.15, -0.1) is 11.6 Å². The van der Waals surface area contributed by atoms with Crippen molar-refractivity contribution in [2.45, 2.75) is 59.5 Å². The maximum atomic E-state index is 9.46. The molecule has 25 heavy (non-hydrogen) atoms. The van der Waals surface area contributed by atoms with Crippen LogP contribution in [0.15, 0.2) is 0 Å². The summed E-state index contributed by atoms with van der Waals surface area (Å²) in [5.74, 6) is 3.99. The number of quaternary nitrogens is 1. The van der Waals surface area contributed by atoms with Crippen LogP contribution in [0.3, 0.4) is 0 Å². The fourth-order valence-electron chi connectivity index (χ4n) is 5.02. The van der Waals surface area contributed by atoms with E-state index >= 15 is 0 Å². The van der Waals surface area contributed by atoms with Gasteiger partial charge in [-0.1, -0.05) is 40.5 Å². The predicted molar refractivity (Wildman–Crippen MR) is 110 cm³/mol. The Morgan fingerprint density at radius 3 is 1.60 bits per heavy atom. The molecule has 0 aromatic rings. The second-order valence-corrected chi connectivity index (χ2v) is 9.31. The molecule has 5 atom stereocenters. The predicted octanol–water partition coefficient (Wildman–Crippen LogP) is 4.08. The fraction of sp³-hybridized carbons (Fsp3) is 1.00. The van der Waals surface area contributed by atoms with E-state index in [1.807, 2.05) is 0 Å². The van der Waals surface area contributed by atoms with Crippen LogP contribution < -0.4 is 0 Å². The van der Waals surface area contributed by atoms with Gasteiger partial charge in [-0.05, 0) is 24.7 Å². The van der Waals surface area contributed by atoms with E-state index in [0.29, 0.717) is 5.88 Å². The van der Waals surface area contributed by atoms with Gasteiger partial charge in [-0.3, -0.25) is 0 Å². The van der Waals surface area contributed by atoms with Gasteiger partial charge in [0.15, 0.2) is 0 Å². The van der Waals surface area contributed by atoms with E-state index in [1.165, 1.54) is 43.3 Å². The van der Waals surface area contributed by atoms with Gasteiger partial charge in [0.1, 0.15) is 0 Å². The van der Waals surface area contributed by atoms with Crippen LogP contribution in [0.5, 0.6) is 0 Å². The second kappa shape index (κ2) is 11.1. The first kappa shape index (κ1) is 23.2. The van der Waals surface area contributed by atoms with Crippen molar-refractivity contribution in [3.63, 3.8) is 0 Å². The summed E-state index contributed by atoms with van der Waals surface area (Å²) in [6, 6.07) is 0. The number of aliphatic hydroxyl groups excluding tert-OH is 1. The van der Waals surface area contributed by atoms with Crippen LogP contribution in [0, 0.1) is 23.7 Å². The molecule has 3 nitrogen and oxygen atoms in total. The lowest BCUT2D eigenvalue weighted by atomic mass is 9.92. The number of alkyl halides is 1. The number of β-amino-alcohol motifs (C(OH)–C–C–N with tert-alkyl or cyclic N) is 1. The van der Waals surface area contributed by atoms with Crippen molar-refractivity contribution >= 4 is 11.6 Å². The Balaban J connectivity index is 0.000000257. The molecule has 0 radical (unpaired) electrons. The summed E-state index contributed by atoms with van der Waals surface area (Å²) in [4.78, 5) is 2.36. The van der Waals surface area contributed by atoms with E-state index in [4.69, 9.17) is 11.6 Å². The largest absolute Gasteiger partial charge is 0.391 e. The van der Waals surface area contributed by atoms with Crippen molar-refractivity contribution in [1.29, 1.82) is 0 Å². The first-order chi connectivity index (χ1) is 11.8. The summed E-state index contributed by atoms with van der Waals surface area (Å²) in [7, 11) is 4.72. The van der Waals surface area contributed by atoms with Crippen molar-refractivity contribution in [2.24, 2.45) is 23.7 Å². The van der Waals surface area contributed by atoms with Crippen LogP contribution in [-0.2, 0) is 0 Å². The van der Waals surface area contributed by atoms with E-state index in [1.54, 1.807) is 0 Å². The molecule has 0 aliphatic carbocycles. The molecular weight excluding hydrogens is 332 g/mol. The highest BCUT2D eigenvalue weighted by Gasteiger charge is 2.37. The third-order valence-corrected chi connectivity index (χ3v) is 6.88. The zero-order chi connectivity index (χ0) is 19.0. The van der Waals surface area contributed by atoms with E-state index in [0.717, 1.165) is 43.3 Å². The molecule has 0 saturated carbocycles. The van der Waals surface area contributed by atoms with Gasteiger partial charge in [0, 0.05) is 37.4 Å². The zero-order valence-corrected chi connectivity index (χ0v) is 18.4. The van der Waals surface area contributed by atoms with E-state index in [-0.39, 0.29) is 6.10 Å². The Morgan fingerprint density at radius 2 is 1.28 bits per heavy atom. The number of nitrogens with zero attached hydrogens (tertiary/aromatic N) is 2. The van der Waals surface area contributed by atoms with E-state index < -0.39 is 0 Å². The molecule has 0 aromatic carbocycles. The number of likely N-dealkylation sites (tertiary alicyclic amines) is 2. The van der Waals surface area contributed by atoms with Gasteiger partial charge >= 0.3 is 0 Å². The third kappa shape index (κ3) is 7.36. The molecule has 4 heteroatoms. The first-order valence-electron chi connectivity index (χ1n) is 10.6. The van der Waals surface area contributed by atoms with Crippen molar-refractivity contribution in [2.75, 3.05) is 52.7 Å². The first-order valence-corrected chi connectivity index (χ1v) is 11.1. The molecule has 5 unspecified atom stereocenters. The molecule has 150 valence electrons. The summed E-state index contributed by atoms with van der Waals surface area (Å²) >= 11 is 5.59. The average molecular weight is 376 g/mol. The normalized spacial score (nSPS) is 33.1. The molecule has 2 aliphatic heterocycles. The summed E-state index contributed by atoms with van der Waals surface area (Å²) in [6.45, 7) is 15.0. The van der Waals surface area contributed by atoms with Gasteiger partial charge < -0.3 is 14.5 Å². The van der Waals surface area contributed by atoms with E-state index in [2.05, 4.69) is 46.7 Å². The van der Waals surface area contributed by atoms with Crippen molar-refractivity contribution in [3.05, 3.63) is 0 Å². The van der Waals surface area contributed by atoms with E-state index in [9.17, 15) is 5.11 Å². The average Bonchev–Trinajstić information content (AvgIpc) is 3.13. The van der Waals surface area contributed by atoms with Crippen molar-refractivity contribution in [1.82, 2.24) is 4.90 Å². The SMILES string of the molecule is CCC1CN(CC(O)CCl)CC1CC.CCC1C[N+](C)(C)CC1CC. The van der Waals surface area contributed by atoms with Crippen LogP contribution in [-0.4, -0.2) is 73.3 Å². The monoisotopic (exact) mass is 375 g/mol. The highest BCUT2D eigenvalue weighted by atomic mass is 35.5. The standard InChI is InChI=1S/C11H22ClNO.C10H22N/c1-3-9-6-13(7-10(9)4-2)8-11(14)5-12;1-5-9-7-11(3,4)8-10(9)6-2/h9-11,14H,3-8H2,1-2H3;9-10H,5-8H2,1-4H3/q;+1. The second-order valence-electron chi connectivity index (χ2n) is 9.00. The molecule has 1 N–H and O–H groups in total. The minimum atomic E-state index is -0.357. The van der Waals surface area contributed by atoms with Gasteiger partial charge in [0.25, 0.3) is 0 Å². The molecular formula is C21H44ClN2O+. The Morgan fingerprint density at radius 1 is 0.880 bits per heavy atom. The number of hydrogen-bond donors (Lipinski definition) is 1. The topological polar surface area (TPSA) is 23.5 Å². The Labute approximate surface area is 162 Å². The summed E-state index contributed by atoms with van der Waals surface area (Å²) in [5, 5.41) is 9.46. The minimum absolute atomic E-state index is 0.351. The molecule has 0 amide bonds. The van der Waals surface area contributed by atoms with Crippen molar-refractivity contribution in [3.8, 4) is 0 Å². The molecule has 0 spiro atoms. The van der Waals surface area contributed by atoms with Crippen LogP contribution >= 0.6 is 11.6 Å². The van der Waals surface area contributed by atoms with Gasteiger partial charge in [0.2, 0.25) is 0 Å². The van der Waals surface area contributed by atoms with Crippen LogP contribution in [0.25, 0.3) is 0 Å². The summed E-state index contributed by atoms with van der Waals surface area (Å²) < 4.78 is 1.25. The lowest BCUT2D eigenvalue weighted by Crippen LogP contribution is -2.36. The van der Waals surface area contributed by atoms with Gasteiger partial charge in [-0.2, -0.15) is 0 Å². The Hall–Kier alpha value is 0.170. The Kier molecular flexibility index (Phi) is 10.3. The van der Waals surface area contributed by atoms with Gasteiger partial charge in [-0.25, -0.2) is 0 Å². The third-order valence-electron chi connectivity index (χ3n) is 6.52. The molecule has 2 aliphatic rings. The quantitative estimate of drug-likeness (QED) is 0.535. The molecule has 2 heterocycles. The fourth-order valence-corrected chi connectivity index (χ4v) is 5.12. The maximum Gasteiger partial charge on any atom is 0.0815 e.